The maximum absolute atomic E-state index is 9.59. The normalized spacial score (nSPS) is 9.39. The largest absolute Gasteiger partial charge is 0.454 e. The number of hydrazine groups is 1. The molecule has 0 amide bonds. The van der Waals surface area contributed by atoms with E-state index in [0.29, 0.717) is 35.5 Å². The number of aromatic amines is 2. The number of carbonyl (C=O) groups is 1. The van der Waals surface area contributed by atoms with Crippen molar-refractivity contribution >= 4 is 64.4 Å². The second-order valence-corrected chi connectivity index (χ2v) is 8.11. The lowest BCUT2D eigenvalue weighted by atomic mass is 10.1. The minimum atomic E-state index is -0.738. The second kappa shape index (κ2) is 17.9. The van der Waals surface area contributed by atoms with Crippen molar-refractivity contribution in [1.82, 2.24) is 25.8 Å². The maximum atomic E-state index is 9.59. The summed E-state index contributed by atoms with van der Waals surface area (Å²) in [6.45, 7) is 2.04. The smallest absolute Gasteiger partial charge is 0.403 e. The van der Waals surface area contributed by atoms with E-state index >= 15 is 0 Å². The van der Waals surface area contributed by atoms with Crippen molar-refractivity contribution in [1.29, 1.82) is 0 Å². The van der Waals surface area contributed by atoms with Crippen molar-refractivity contribution in [2.75, 3.05) is 19.5 Å². The van der Waals surface area contributed by atoms with Crippen LogP contribution in [0.3, 0.4) is 0 Å². The van der Waals surface area contributed by atoms with E-state index in [0.717, 1.165) is 23.8 Å². The average molecular weight is 600 g/mol. The Morgan fingerprint density at radius 3 is 1.76 bits per heavy atom. The Balaban J connectivity index is 0.000000304. The highest BCUT2D eigenvalue weighted by molar-refractivity contribution is 7.80. The van der Waals surface area contributed by atoms with E-state index in [1.165, 1.54) is 0 Å². The number of aliphatic hydroxyl groups is 1. The second-order valence-electron chi connectivity index (χ2n) is 6.57. The van der Waals surface area contributed by atoms with Gasteiger partial charge in [0.15, 0.2) is 0 Å². The number of anilines is 1. The molecule has 38 heavy (non-hydrogen) atoms. The molecular formula is C22H26ClN7O5S3. The monoisotopic (exact) mass is 599 g/mol. The van der Waals surface area contributed by atoms with Crippen LogP contribution in [0.4, 0.5) is 10.5 Å². The molecule has 0 spiro atoms. The Bertz CT molecular complexity index is 1370. The molecule has 0 aliphatic carbocycles. The first-order valence-corrected chi connectivity index (χ1v) is 12.1. The number of nitrogens with two attached hydrogens (primary N) is 2. The van der Waals surface area contributed by atoms with Crippen molar-refractivity contribution in [3.63, 3.8) is 0 Å². The van der Waals surface area contributed by atoms with E-state index in [4.69, 9.17) is 73.8 Å². The highest BCUT2D eigenvalue weighted by atomic mass is 35.5. The molecule has 2 heterocycles. The maximum Gasteiger partial charge on any atom is 0.403 e. The molecule has 0 unspecified atom stereocenters. The fraction of sp³-hybridized carbons (Fsp3) is 0.182. The number of rotatable bonds is 5. The van der Waals surface area contributed by atoms with Crippen LogP contribution in [0.25, 0.3) is 22.9 Å². The number of ether oxygens (including phenoxy) is 1. The van der Waals surface area contributed by atoms with Crippen molar-refractivity contribution < 1.29 is 23.5 Å². The summed E-state index contributed by atoms with van der Waals surface area (Å²) in [4.78, 5) is 10.7. The van der Waals surface area contributed by atoms with Gasteiger partial charge >= 0.3 is 5.43 Å². The van der Waals surface area contributed by atoms with Gasteiger partial charge in [-0.15, -0.1) is 10.2 Å². The summed E-state index contributed by atoms with van der Waals surface area (Å²) in [5, 5.41) is 19.9. The molecule has 0 aliphatic heterocycles. The number of nitrogens with one attached hydrogen (secondary N) is 3. The third-order valence-electron chi connectivity index (χ3n) is 4.02. The Hall–Kier alpha value is -3.47. The summed E-state index contributed by atoms with van der Waals surface area (Å²) in [5.74, 6) is 6.16. The van der Waals surface area contributed by atoms with E-state index in [-0.39, 0.29) is 9.67 Å². The molecule has 0 fully saturated rings. The molecule has 204 valence electrons. The number of H-pyrrole nitrogens is 2. The molecule has 2 aromatic heterocycles. The molecule has 0 bridgehead atoms. The van der Waals surface area contributed by atoms with E-state index in [9.17, 15) is 4.79 Å². The van der Waals surface area contributed by atoms with Gasteiger partial charge in [0.1, 0.15) is 0 Å². The zero-order valence-electron chi connectivity index (χ0n) is 20.3. The van der Waals surface area contributed by atoms with Gasteiger partial charge in [-0.1, -0.05) is 24.4 Å². The topological polar surface area (TPSA) is 194 Å². The number of thiocarbonyl (C=S) groups is 1. The van der Waals surface area contributed by atoms with E-state index in [2.05, 4.69) is 30.6 Å². The van der Waals surface area contributed by atoms with Gasteiger partial charge in [-0.25, -0.2) is 15.0 Å². The highest BCUT2D eigenvalue weighted by Crippen LogP contribution is 2.18. The van der Waals surface area contributed by atoms with E-state index < -0.39 is 5.43 Å². The zero-order valence-corrected chi connectivity index (χ0v) is 23.5. The summed E-state index contributed by atoms with van der Waals surface area (Å²) in [7, 11) is 1.00. The summed E-state index contributed by atoms with van der Waals surface area (Å²) in [6.07, 6.45) is 0.607. The molecule has 2 aromatic carbocycles. The van der Waals surface area contributed by atoms with Gasteiger partial charge in [0.25, 0.3) is 9.67 Å². The predicted molar refractivity (Wildman–Crippen MR) is 153 cm³/mol. The highest BCUT2D eigenvalue weighted by Gasteiger charge is 2.04. The van der Waals surface area contributed by atoms with Crippen molar-refractivity contribution in [2.24, 2.45) is 5.84 Å². The van der Waals surface area contributed by atoms with Crippen LogP contribution in [0.15, 0.2) is 57.4 Å². The van der Waals surface area contributed by atoms with Crippen LogP contribution in [0.5, 0.6) is 0 Å². The standard InChI is InChI=1S/C10H10N4OS2.C8H7N3OS.C3H5ClO2.CH4O/c11-12-8(16)5-6-1-3-7(4-2-6)9-13-14-10(17)15-9;9-6-3-1-5(2-4-6)7-10-11-8(13)12-7;1-2-6-3(4)5;1-2/h1-4H,5,11H2,(H,12,16)(H,14,17);1-4H,9H2,(H,11,13);2H2,1H3;2H,1H3. The Morgan fingerprint density at radius 1 is 1.00 bits per heavy atom. The third kappa shape index (κ3) is 12.2. The number of aromatic nitrogens is 4. The lowest BCUT2D eigenvalue weighted by Gasteiger charge is -2.03. The Morgan fingerprint density at radius 2 is 1.45 bits per heavy atom. The number of hydrogen-bond acceptors (Lipinski definition) is 12. The first-order chi connectivity index (χ1) is 18.2. The molecule has 4 aromatic rings. The van der Waals surface area contributed by atoms with E-state index in [1.54, 1.807) is 19.1 Å². The summed E-state index contributed by atoms with van der Waals surface area (Å²) < 4.78 is 14.5. The zero-order chi connectivity index (χ0) is 28.5. The van der Waals surface area contributed by atoms with Gasteiger partial charge < -0.3 is 29.8 Å². The lowest BCUT2D eigenvalue weighted by molar-refractivity contribution is 0.180. The summed E-state index contributed by atoms with van der Waals surface area (Å²) >= 11 is 19.3. The van der Waals surface area contributed by atoms with Crippen molar-refractivity contribution in [2.45, 2.75) is 13.3 Å². The first-order valence-electron chi connectivity index (χ1n) is 10.5. The molecule has 12 nitrogen and oxygen atoms in total. The van der Waals surface area contributed by atoms with Crippen LogP contribution < -0.4 is 17.0 Å². The Kier molecular flexibility index (Phi) is 15.3. The van der Waals surface area contributed by atoms with Crippen LogP contribution in [0.1, 0.15) is 12.5 Å². The van der Waals surface area contributed by atoms with Crippen molar-refractivity contribution in [3.8, 4) is 22.9 Å². The van der Waals surface area contributed by atoms with Gasteiger partial charge in [0.05, 0.1) is 11.6 Å². The third-order valence-corrected chi connectivity index (χ3v) is 4.74. The number of carbonyl (C=O) groups excluding carboxylic acids is 1. The molecule has 0 atom stereocenters. The quantitative estimate of drug-likeness (QED) is 0.0607. The van der Waals surface area contributed by atoms with Gasteiger partial charge in [0, 0.05) is 41.9 Å². The van der Waals surface area contributed by atoms with Gasteiger partial charge in [-0.3, -0.25) is 5.84 Å². The summed E-state index contributed by atoms with van der Waals surface area (Å²) in [5.41, 5.74) is 10.7. The number of aliphatic hydroxyl groups excluding tert-OH is 1. The minimum Gasteiger partial charge on any atom is -0.454 e. The average Bonchev–Trinajstić information content (AvgIpc) is 3.55. The van der Waals surface area contributed by atoms with Crippen LogP contribution in [-0.2, 0) is 11.2 Å². The summed E-state index contributed by atoms with van der Waals surface area (Å²) in [6, 6.07) is 14.9. The van der Waals surface area contributed by atoms with Crippen LogP contribution >= 0.6 is 48.3 Å². The SMILES string of the molecule is CCOC(=O)Cl.CO.NNC(=S)Cc1ccc(-c2n[nH]c(=S)o2)cc1.Nc1ccc(-c2n[nH]c(=S)o2)cc1. The van der Waals surface area contributed by atoms with Crippen LogP contribution in [0.2, 0.25) is 0 Å². The predicted octanol–water partition coefficient (Wildman–Crippen LogP) is 4.70. The van der Waals surface area contributed by atoms with Crippen molar-refractivity contribution in [3.05, 3.63) is 63.8 Å². The number of hydrogen-bond donors (Lipinski definition) is 6. The number of halogens is 1. The lowest BCUT2D eigenvalue weighted by Crippen LogP contribution is -2.29. The molecular weight excluding hydrogens is 574 g/mol. The molecule has 16 heteroatoms. The minimum absolute atomic E-state index is 0.262. The molecule has 0 aliphatic rings. The number of nitrogen functional groups attached to an aromatic ring is 1. The van der Waals surface area contributed by atoms with Gasteiger partial charge in [0.2, 0.25) is 11.8 Å². The van der Waals surface area contributed by atoms with Crippen LogP contribution in [-0.4, -0.2) is 49.6 Å². The first kappa shape index (κ1) is 32.6. The van der Waals surface area contributed by atoms with E-state index in [1.807, 2.05) is 36.4 Å². The molecule has 0 saturated carbocycles. The molecule has 0 saturated heterocycles. The van der Waals surface area contributed by atoms with Gasteiger partial charge in [-0.2, -0.15) is 0 Å². The number of benzene rings is 2. The molecule has 8 N–H and O–H groups in total. The molecule has 4 rings (SSSR count). The fourth-order valence-electron chi connectivity index (χ4n) is 2.45. The fourth-order valence-corrected chi connectivity index (χ4v) is 2.97. The molecule has 0 radical (unpaired) electrons. The van der Waals surface area contributed by atoms with Gasteiger partial charge in [-0.05, 0) is 73.3 Å². The Labute approximate surface area is 238 Å². The van der Waals surface area contributed by atoms with Crippen LogP contribution in [0, 0.1) is 9.67 Å². The number of nitrogens with zero attached hydrogens (tertiary/aromatic N) is 2.